The van der Waals surface area contributed by atoms with Crippen molar-refractivity contribution < 1.29 is 9.59 Å². The minimum Gasteiger partial charge on any atom is -0.350 e. The van der Waals surface area contributed by atoms with Gasteiger partial charge in [-0.2, -0.15) is 0 Å². The third kappa shape index (κ3) is 3.14. The van der Waals surface area contributed by atoms with E-state index in [9.17, 15) is 9.59 Å². The molecule has 1 aromatic carbocycles. The number of carbonyl (C=O) groups excluding carboxylic acids is 2. The zero-order valence-corrected chi connectivity index (χ0v) is 12.1. The second-order valence-electron chi connectivity index (χ2n) is 5.28. The van der Waals surface area contributed by atoms with Crippen molar-refractivity contribution in [2.75, 3.05) is 11.4 Å². The molecule has 0 spiro atoms. The van der Waals surface area contributed by atoms with Crippen LogP contribution in [0.2, 0.25) is 0 Å². The van der Waals surface area contributed by atoms with E-state index in [-0.39, 0.29) is 24.2 Å². The number of amides is 2. The monoisotopic (exact) mass is 295 g/mol. The Kier molecular flexibility index (Phi) is 4.14. The second kappa shape index (κ2) is 6.39. The van der Waals surface area contributed by atoms with E-state index >= 15 is 0 Å². The van der Waals surface area contributed by atoms with Gasteiger partial charge in [-0.25, -0.2) is 0 Å². The fraction of sp³-hybridized carbons (Fsp3) is 0.235. The minimum absolute atomic E-state index is 0.0100. The van der Waals surface area contributed by atoms with Crippen LogP contribution in [0.15, 0.2) is 54.7 Å². The molecule has 2 heterocycles. The van der Waals surface area contributed by atoms with Crippen LogP contribution in [0.4, 0.5) is 5.69 Å². The van der Waals surface area contributed by atoms with Crippen LogP contribution < -0.4 is 10.2 Å². The summed E-state index contributed by atoms with van der Waals surface area (Å²) < 4.78 is 0. The predicted molar refractivity (Wildman–Crippen MR) is 83.0 cm³/mol. The van der Waals surface area contributed by atoms with Crippen LogP contribution in [0.3, 0.4) is 0 Å². The lowest BCUT2D eigenvalue weighted by Crippen LogP contribution is -2.32. The molecule has 22 heavy (non-hydrogen) atoms. The smallest absolute Gasteiger partial charge is 0.227 e. The van der Waals surface area contributed by atoms with Crippen molar-refractivity contribution in [3.8, 4) is 0 Å². The van der Waals surface area contributed by atoms with E-state index in [0.717, 1.165) is 11.4 Å². The SMILES string of the molecule is O=C(NCc1ccccn1)[C@@H]1CC(=O)N(c2ccccc2)C1. The lowest BCUT2D eigenvalue weighted by Gasteiger charge is -2.16. The summed E-state index contributed by atoms with van der Waals surface area (Å²) >= 11 is 0. The molecule has 1 aliphatic heterocycles. The molecule has 0 saturated carbocycles. The molecule has 1 N–H and O–H groups in total. The fourth-order valence-corrected chi connectivity index (χ4v) is 2.57. The van der Waals surface area contributed by atoms with Crippen molar-refractivity contribution >= 4 is 17.5 Å². The summed E-state index contributed by atoms with van der Waals surface area (Å²) in [4.78, 5) is 30.2. The van der Waals surface area contributed by atoms with Crippen LogP contribution in [0.5, 0.6) is 0 Å². The van der Waals surface area contributed by atoms with E-state index in [4.69, 9.17) is 0 Å². The van der Waals surface area contributed by atoms with E-state index < -0.39 is 0 Å². The van der Waals surface area contributed by atoms with Gasteiger partial charge in [-0.15, -0.1) is 0 Å². The number of nitrogens with zero attached hydrogens (tertiary/aromatic N) is 2. The summed E-state index contributed by atoms with van der Waals surface area (Å²) in [6.45, 7) is 0.812. The molecule has 1 atom stereocenters. The topological polar surface area (TPSA) is 62.3 Å². The van der Waals surface area contributed by atoms with Gasteiger partial charge in [0.15, 0.2) is 0 Å². The highest BCUT2D eigenvalue weighted by Crippen LogP contribution is 2.24. The number of pyridine rings is 1. The first kappa shape index (κ1) is 14.3. The summed E-state index contributed by atoms with van der Waals surface area (Å²) in [7, 11) is 0. The van der Waals surface area contributed by atoms with Gasteiger partial charge in [-0.1, -0.05) is 24.3 Å². The highest BCUT2D eigenvalue weighted by molar-refractivity contribution is 6.00. The molecule has 0 unspecified atom stereocenters. The Bertz CT molecular complexity index is 658. The normalized spacial score (nSPS) is 17.5. The zero-order valence-electron chi connectivity index (χ0n) is 12.1. The molecular formula is C17H17N3O2. The first-order valence-corrected chi connectivity index (χ1v) is 7.27. The van der Waals surface area contributed by atoms with Gasteiger partial charge >= 0.3 is 0 Å². The van der Waals surface area contributed by atoms with E-state index in [1.54, 1.807) is 11.1 Å². The Morgan fingerprint density at radius 2 is 1.95 bits per heavy atom. The van der Waals surface area contributed by atoms with Crippen molar-refractivity contribution in [3.05, 3.63) is 60.4 Å². The molecule has 1 aromatic heterocycles. The van der Waals surface area contributed by atoms with Crippen molar-refractivity contribution in [3.63, 3.8) is 0 Å². The molecule has 1 saturated heterocycles. The number of hydrogen-bond acceptors (Lipinski definition) is 3. The van der Waals surface area contributed by atoms with Gasteiger partial charge in [0.25, 0.3) is 0 Å². The Labute approximate surface area is 129 Å². The van der Waals surface area contributed by atoms with Crippen LogP contribution in [0.1, 0.15) is 12.1 Å². The highest BCUT2D eigenvalue weighted by Gasteiger charge is 2.34. The average molecular weight is 295 g/mol. The first-order valence-electron chi connectivity index (χ1n) is 7.27. The summed E-state index contributed by atoms with van der Waals surface area (Å²) in [6, 6.07) is 15.0. The summed E-state index contributed by atoms with van der Waals surface area (Å²) in [6.07, 6.45) is 1.95. The molecule has 3 rings (SSSR count). The number of hydrogen-bond donors (Lipinski definition) is 1. The molecule has 5 nitrogen and oxygen atoms in total. The molecule has 0 radical (unpaired) electrons. The number of aromatic nitrogens is 1. The number of benzene rings is 1. The predicted octanol–water partition coefficient (Wildman–Crippen LogP) is 1.75. The van der Waals surface area contributed by atoms with E-state index in [2.05, 4.69) is 10.3 Å². The van der Waals surface area contributed by atoms with Crippen LogP contribution >= 0.6 is 0 Å². The van der Waals surface area contributed by atoms with Crippen LogP contribution in [0, 0.1) is 5.92 Å². The Hall–Kier alpha value is -2.69. The standard InChI is InChI=1S/C17H17N3O2/c21-16-10-13(12-20(16)15-7-2-1-3-8-15)17(22)19-11-14-6-4-5-9-18-14/h1-9,13H,10-12H2,(H,19,22)/t13-/m1/s1. The number of anilines is 1. The van der Waals surface area contributed by atoms with Crippen molar-refractivity contribution in [2.24, 2.45) is 5.92 Å². The fourth-order valence-electron chi connectivity index (χ4n) is 2.57. The maximum absolute atomic E-state index is 12.2. The number of carbonyl (C=O) groups is 2. The van der Waals surface area contributed by atoms with Crippen LogP contribution in [-0.2, 0) is 16.1 Å². The Morgan fingerprint density at radius 1 is 1.18 bits per heavy atom. The summed E-state index contributed by atoms with van der Waals surface area (Å²) in [5.41, 5.74) is 1.65. The highest BCUT2D eigenvalue weighted by atomic mass is 16.2. The largest absolute Gasteiger partial charge is 0.350 e. The Balaban J connectivity index is 1.59. The molecule has 0 bridgehead atoms. The maximum atomic E-state index is 12.2. The van der Waals surface area contributed by atoms with Gasteiger partial charge in [-0.3, -0.25) is 14.6 Å². The Morgan fingerprint density at radius 3 is 2.68 bits per heavy atom. The van der Waals surface area contributed by atoms with E-state index in [1.165, 1.54) is 0 Å². The molecule has 1 fully saturated rings. The van der Waals surface area contributed by atoms with Gasteiger partial charge in [0.2, 0.25) is 11.8 Å². The van der Waals surface area contributed by atoms with Gasteiger partial charge in [0.1, 0.15) is 0 Å². The molecule has 2 aromatic rings. The maximum Gasteiger partial charge on any atom is 0.227 e. The third-order valence-electron chi connectivity index (χ3n) is 3.73. The molecule has 1 aliphatic rings. The molecule has 112 valence electrons. The van der Waals surface area contributed by atoms with Crippen LogP contribution in [-0.4, -0.2) is 23.3 Å². The van der Waals surface area contributed by atoms with Crippen molar-refractivity contribution in [2.45, 2.75) is 13.0 Å². The van der Waals surface area contributed by atoms with Crippen molar-refractivity contribution in [1.82, 2.24) is 10.3 Å². The zero-order chi connectivity index (χ0) is 15.4. The van der Waals surface area contributed by atoms with Gasteiger partial charge in [-0.05, 0) is 24.3 Å². The quantitative estimate of drug-likeness (QED) is 0.934. The van der Waals surface area contributed by atoms with Gasteiger partial charge < -0.3 is 10.2 Å². The average Bonchev–Trinajstić information content (AvgIpc) is 2.96. The summed E-state index contributed by atoms with van der Waals surface area (Å²) in [5, 5.41) is 2.85. The first-order chi connectivity index (χ1) is 10.7. The van der Waals surface area contributed by atoms with Gasteiger partial charge in [0, 0.05) is 24.8 Å². The van der Waals surface area contributed by atoms with Crippen molar-refractivity contribution in [1.29, 1.82) is 0 Å². The minimum atomic E-state index is -0.309. The molecule has 2 amide bonds. The molecule has 0 aliphatic carbocycles. The number of rotatable bonds is 4. The third-order valence-corrected chi connectivity index (χ3v) is 3.73. The molecule has 5 heteroatoms. The van der Waals surface area contributed by atoms with Crippen LogP contribution in [0.25, 0.3) is 0 Å². The van der Waals surface area contributed by atoms with Gasteiger partial charge in [0.05, 0.1) is 18.2 Å². The number of nitrogens with one attached hydrogen (secondary N) is 1. The second-order valence-corrected chi connectivity index (χ2v) is 5.28. The number of para-hydroxylation sites is 1. The summed E-state index contributed by atoms with van der Waals surface area (Å²) in [5.74, 6) is -0.418. The lowest BCUT2D eigenvalue weighted by molar-refractivity contribution is -0.126. The molecular weight excluding hydrogens is 278 g/mol. The van der Waals surface area contributed by atoms with E-state index in [0.29, 0.717) is 13.1 Å². The lowest BCUT2D eigenvalue weighted by atomic mass is 10.1. The van der Waals surface area contributed by atoms with E-state index in [1.807, 2.05) is 48.5 Å².